The second-order valence-corrected chi connectivity index (χ2v) is 8.13. The number of amides is 2. The maximum absolute atomic E-state index is 12.7. The van der Waals surface area contributed by atoms with Gasteiger partial charge in [0, 0.05) is 55.8 Å². The van der Waals surface area contributed by atoms with Crippen LogP contribution >= 0.6 is 0 Å². The molecule has 7 heteroatoms. The van der Waals surface area contributed by atoms with Gasteiger partial charge in [0.15, 0.2) is 0 Å². The predicted molar refractivity (Wildman–Crippen MR) is 114 cm³/mol. The molecule has 1 fully saturated rings. The van der Waals surface area contributed by atoms with E-state index in [1.165, 1.54) is 0 Å². The molecule has 2 aliphatic rings. The monoisotopic (exact) mass is 409 g/mol. The Balaban J connectivity index is 1.27. The van der Waals surface area contributed by atoms with Gasteiger partial charge in [0.05, 0.1) is 7.11 Å². The summed E-state index contributed by atoms with van der Waals surface area (Å²) < 4.78 is 6.97. The molecule has 2 atom stereocenters. The summed E-state index contributed by atoms with van der Waals surface area (Å²) in [5, 5.41) is 2.84. The lowest BCUT2D eigenvalue weighted by molar-refractivity contribution is -0.134. The zero-order valence-corrected chi connectivity index (χ0v) is 17.2. The van der Waals surface area contributed by atoms with Crippen LogP contribution in [0.25, 0.3) is 0 Å². The molecule has 3 heterocycles. The largest absolute Gasteiger partial charge is 0.497 e. The Morgan fingerprint density at radius 2 is 1.87 bits per heavy atom. The zero-order valence-electron chi connectivity index (χ0n) is 17.2. The lowest BCUT2D eigenvalue weighted by Gasteiger charge is -2.42. The highest BCUT2D eigenvalue weighted by atomic mass is 16.5. The summed E-state index contributed by atoms with van der Waals surface area (Å²) in [6, 6.07) is 12.6. The molecule has 2 bridgehead atoms. The molecule has 2 aromatic rings. The maximum atomic E-state index is 12.7. The molecule has 0 aliphatic carbocycles. The maximum Gasteiger partial charge on any atom is 0.250 e. The topological polar surface area (TPSA) is 80.6 Å². The number of carbonyl (C=O) groups excluding carboxylic acids is 2. The number of piperidine rings is 1. The van der Waals surface area contributed by atoms with Crippen molar-refractivity contribution in [3.8, 4) is 5.75 Å². The average molecular weight is 409 g/mol. The molecule has 0 unspecified atom stereocenters. The van der Waals surface area contributed by atoms with Crippen molar-refractivity contribution in [3.05, 3.63) is 58.5 Å². The highest BCUT2D eigenvalue weighted by Gasteiger charge is 2.35. The van der Waals surface area contributed by atoms with Crippen molar-refractivity contribution in [1.82, 2.24) is 9.47 Å². The standard InChI is InChI=1S/C23H27N3O4/c1-30-19-10-8-18(9-11-19)24-21(27)5-3-6-22(28)25-13-16-12-17(15-25)20-4-2-7-23(29)26(20)14-16/h2,4,7-11,16-17H,3,5-6,12-15H2,1H3,(H,24,27)/t16-,17-/m0/s1. The van der Waals surface area contributed by atoms with Crippen LogP contribution in [0, 0.1) is 5.92 Å². The molecule has 1 aromatic heterocycles. The third-order valence-corrected chi connectivity index (χ3v) is 6.00. The van der Waals surface area contributed by atoms with Crippen LogP contribution in [0.2, 0.25) is 0 Å². The summed E-state index contributed by atoms with van der Waals surface area (Å²) in [6.45, 7) is 2.02. The number of carbonyl (C=O) groups is 2. The Hall–Kier alpha value is -3.09. The van der Waals surface area contributed by atoms with Crippen molar-refractivity contribution >= 4 is 17.5 Å². The van der Waals surface area contributed by atoms with E-state index in [4.69, 9.17) is 4.74 Å². The van der Waals surface area contributed by atoms with Crippen molar-refractivity contribution in [2.45, 2.75) is 38.1 Å². The van der Waals surface area contributed by atoms with Crippen molar-refractivity contribution in [2.24, 2.45) is 5.92 Å². The van der Waals surface area contributed by atoms with Crippen molar-refractivity contribution in [1.29, 1.82) is 0 Å². The number of rotatable bonds is 6. The number of ether oxygens (including phenoxy) is 1. The van der Waals surface area contributed by atoms with Crippen LogP contribution in [-0.4, -0.2) is 41.5 Å². The predicted octanol–water partition coefficient (Wildman–Crippen LogP) is 2.61. The zero-order chi connectivity index (χ0) is 21.1. The summed E-state index contributed by atoms with van der Waals surface area (Å²) in [5.74, 6) is 1.26. The van der Waals surface area contributed by atoms with Gasteiger partial charge in [-0.15, -0.1) is 0 Å². The normalized spacial score (nSPS) is 19.7. The minimum Gasteiger partial charge on any atom is -0.497 e. The van der Waals surface area contributed by atoms with Crippen LogP contribution < -0.4 is 15.6 Å². The first-order valence-corrected chi connectivity index (χ1v) is 10.4. The molecule has 2 aliphatic heterocycles. The minimum absolute atomic E-state index is 0.0462. The summed E-state index contributed by atoms with van der Waals surface area (Å²) in [7, 11) is 1.60. The molecule has 4 rings (SSSR count). The number of likely N-dealkylation sites (tertiary alicyclic amines) is 1. The Kier molecular flexibility index (Phi) is 5.88. The van der Waals surface area contributed by atoms with Crippen LogP contribution in [0.15, 0.2) is 47.3 Å². The Labute approximate surface area is 175 Å². The second kappa shape index (κ2) is 8.73. The van der Waals surface area contributed by atoms with Crippen LogP contribution in [0.5, 0.6) is 5.75 Å². The Morgan fingerprint density at radius 3 is 2.63 bits per heavy atom. The highest BCUT2D eigenvalue weighted by Crippen LogP contribution is 2.35. The molecular formula is C23H27N3O4. The SMILES string of the molecule is COc1ccc(NC(=O)CCCC(=O)N2C[C@@H]3C[C@@H](C2)c2cccc(=O)n2C3)cc1. The number of aromatic nitrogens is 1. The van der Waals surface area contributed by atoms with Gasteiger partial charge >= 0.3 is 0 Å². The number of anilines is 1. The first kappa shape index (κ1) is 20.2. The molecule has 1 aromatic carbocycles. The van der Waals surface area contributed by atoms with Gasteiger partial charge < -0.3 is 19.5 Å². The molecule has 30 heavy (non-hydrogen) atoms. The van der Waals surface area contributed by atoms with Crippen molar-refractivity contribution < 1.29 is 14.3 Å². The van der Waals surface area contributed by atoms with E-state index in [2.05, 4.69) is 5.32 Å². The number of benzene rings is 1. The third kappa shape index (κ3) is 4.40. The Bertz CT molecular complexity index is 983. The molecule has 158 valence electrons. The van der Waals surface area contributed by atoms with Crippen LogP contribution in [0.1, 0.15) is 37.3 Å². The van der Waals surface area contributed by atoms with E-state index in [0.717, 1.165) is 17.9 Å². The molecule has 1 saturated heterocycles. The molecule has 0 radical (unpaired) electrons. The number of hydrogen-bond donors (Lipinski definition) is 1. The number of methoxy groups -OCH3 is 1. The fourth-order valence-corrected chi connectivity index (χ4v) is 4.56. The fraction of sp³-hybridized carbons (Fsp3) is 0.435. The second-order valence-electron chi connectivity index (χ2n) is 8.13. The van der Waals surface area contributed by atoms with Gasteiger partial charge in [-0.2, -0.15) is 0 Å². The Morgan fingerprint density at radius 1 is 1.07 bits per heavy atom. The summed E-state index contributed by atoms with van der Waals surface area (Å²) >= 11 is 0. The van der Waals surface area contributed by atoms with Crippen LogP contribution in [0.3, 0.4) is 0 Å². The van der Waals surface area contributed by atoms with Gasteiger partial charge in [-0.05, 0) is 49.1 Å². The summed E-state index contributed by atoms with van der Waals surface area (Å²) in [5.41, 5.74) is 1.80. The van der Waals surface area contributed by atoms with Crippen molar-refractivity contribution in [3.63, 3.8) is 0 Å². The fourth-order valence-electron chi connectivity index (χ4n) is 4.56. The van der Waals surface area contributed by atoms with Gasteiger partial charge in [-0.25, -0.2) is 0 Å². The lowest BCUT2D eigenvalue weighted by Crippen LogP contribution is -2.49. The number of pyridine rings is 1. The van der Waals surface area contributed by atoms with E-state index in [0.29, 0.717) is 50.5 Å². The van der Waals surface area contributed by atoms with Gasteiger partial charge in [0.1, 0.15) is 5.75 Å². The van der Waals surface area contributed by atoms with E-state index in [9.17, 15) is 14.4 Å². The van der Waals surface area contributed by atoms with Gasteiger partial charge in [-0.1, -0.05) is 6.07 Å². The molecule has 0 saturated carbocycles. The van der Waals surface area contributed by atoms with Gasteiger partial charge in [0.2, 0.25) is 11.8 Å². The van der Waals surface area contributed by atoms with Crippen LogP contribution in [0.4, 0.5) is 5.69 Å². The number of nitrogens with one attached hydrogen (secondary N) is 1. The molecule has 2 amide bonds. The van der Waals surface area contributed by atoms with E-state index in [-0.39, 0.29) is 23.3 Å². The molecule has 0 spiro atoms. The molecular weight excluding hydrogens is 382 g/mol. The van der Waals surface area contributed by atoms with Gasteiger partial charge in [0.25, 0.3) is 5.56 Å². The lowest BCUT2D eigenvalue weighted by atomic mass is 9.83. The average Bonchev–Trinajstić information content (AvgIpc) is 2.75. The molecule has 1 N–H and O–H groups in total. The first-order valence-electron chi connectivity index (χ1n) is 10.4. The summed E-state index contributed by atoms with van der Waals surface area (Å²) in [4.78, 5) is 38.9. The quantitative estimate of drug-likeness (QED) is 0.795. The molecule has 7 nitrogen and oxygen atoms in total. The van der Waals surface area contributed by atoms with Crippen LogP contribution in [-0.2, 0) is 16.1 Å². The highest BCUT2D eigenvalue weighted by molar-refractivity contribution is 5.91. The van der Waals surface area contributed by atoms with E-state index in [1.54, 1.807) is 43.5 Å². The van der Waals surface area contributed by atoms with E-state index >= 15 is 0 Å². The number of nitrogens with zero attached hydrogens (tertiary/aromatic N) is 2. The van der Waals surface area contributed by atoms with E-state index < -0.39 is 0 Å². The van der Waals surface area contributed by atoms with E-state index in [1.807, 2.05) is 15.5 Å². The van der Waals surface area contributed by atoms with Gasteiger partial charge in [-0.3, -0.25) is 14.4 Å². The summed E-state index contributed by atoms with van der Waals surface area (Å²) in [6.07, 6.45) is 2.20. The minimum atomic E-state index is -0.100. The smallest absolute Gasteiger partial charge is 0.250 e. The number of hydrogen-bond acceptors (Lipinski definition) is 4. The van der Waals surface area contributed by atoms with Crippen molar-refractivity contribution in [2.75, 3.05) is 25.5 Å². The number of fused-ring (bicyclic) bond motifs is 4. The third-order valence-electron chi connectivity index (χ3n) is 6.00. The first-order chi connectivity index (χ1) is 14.5.